The van der Waals surface area contributed by atoms with Gasteiger partial charge in [0.25, 0.3) is 0 Å². The van der Waals surface area contributed by atoms with Crippen molar-refractivity contribution in [1.29, 1.82) is 0 Å². The molecule has 0 fully saturated rings. The van der Waals surface area contributed by atoms with Crippen LogP contribution in [0.2, 0.25) is 5.02 Å². The number of nitrogens with one attached hydrogen (secondary N) is 1. The van der Waals surface area contributed by atoms with Gasteiger partial charge in [0.05, 0.1) is 17.3 Å². The maximum absolute atomic E-state index is 12.3. The smallest absolute Gasteiger partial charge is 0.242 e. The van der Waals surface area contributed by atoms with Crippen LogP contribution in [-0.2, 0) is 16.6 Å². The summed E-state index contributed by atoms with van der Waals surface area (Å²) in [5.41, 5.74) is 6.39. The highest BCUT2D eigenvalue weighted by molar-refractivity contribution is 7.89. The van der Waals surface area contributed by atoms with Gasteiger partial charge in [-0.05, 0) is 19.1 Å². The van der Waals surface area contributed by atoms with E-state index in [4.69, 9.17) is 34.1 Å². The molecule has 6 nitrogen and oxygen atoms in total. The van der Waals surface area contributed by atoms with Gasteiger partial charge >= 0.3 is 0 Å². The number of hydrogen-bond acceptors (Lipinski definition) is 5. The van der Waals surface area contributed by atoms with Crippen LogP contribution in [0.15, 0.2) is 33.7 Å². The Morgan fingerprint density at radius 2 is 2.19 bits per heavy atom. The molecular formula is C12H12ClN3O3S2. The largest absolute Gasteiger partial charge is 0.389 e. The molecule has 0 saturated carbocycles. The number of benzene rings is 1. The van der Waals surface area contributed by atoms with Gasteiger partial charge < -0.3 is 10.3 Å². The van der Waals surface area contributed by atoms with E-state index >= 15 is 0 Å². The van der Waals surface area contributed by atoms with E-state index < -0.39 is 10.0 Å². The molecule has 2 aromatic rings. The van der Waals surface area contributed by atoms with Crippen LogP contribution in [-0.4, -0.2) is 18.6 Å². The second kappa shape index (κ2) is 6.10. The fourth-order valence-corrected chi connectivity index (χ4v) is 3.26. The van der Waals surface area contributed by atoms with E-state index in [0.29, 0.717) is 17.0 Å². The number of aromatic nitrogens is 1. The van der Waals surface area contributed by atoms with Crippen LogP contribution >= 0.6 is 23.8 Å². The highest BCUT2D eigenvalue weighted by Crippen LogP contribution is 2.22. The highest BCUT2D eigenvalue weighted by atomic mass is 35.5. The summed E-state index contributed by atoms with van der Waals surface area (Å²) < 4.78 is 31.8. The number of hydrogen-bond donors (Lipinski definition) is 2. The predicted octanol–water partition coefficient (Wildman–Crippen LogP) is 1.75. The molecule has 3 N–H and O–H groups in total. The zero-order valence-electron chi connectivity index (χ0n) is 11.0. The number of sulfonamides is 1. The zero-order valence-corrected chi connectivity index (χ0v) is 13.3. The first-order valence-electron chi connectivity index (χ1n) is 5.81. The van der Waals surface area contributed by atoms with Gasteiger partial charge in [0, 0.05) is 11.6 Å². The van der Waals surface area contributed by atoms with Crippen LogP contribution in [0.4, 0.5) is 0 Å². The molecule has 1 aromatic heterocycles. The lowest BCUT2D eigenvalue weighted by molar-refractivity contribution is 0.390. The van der Waals surface area contributed by atoms with Crippen LogP contribution < -0.4 is 10.5 Å². The first-order chi connectivity index (χ1) is 9.79. The number of rotatable bonds is 5. The molecule has 0 aliphatic carbocycles. The van der Waals surface area contributed by atoms with E-state index in [1.807, 2.05) is 0 Å². The van der Waals surface area contributed by atoms with Gasteiger partial charge in [-0.1, -0.05) is 35.0 Å². The maximum Gasteiger partial charge on any atom is 0.242 e. The number of halogens is 1. The third-order valence-electron chi connectivity index (χ3n) is 2.63. The fraction of sp³-hybridized carbons (Fsp3) is 0.167. The van der Waals surface area contributed by atoms with Crippen molar-refractivity contribution in [3.63, 3.8) is 0 Å². The van der Waals surface area contributed by atoms with Gasteiger partial charge in [0.1, 0.15) is 15.6 Å². The van der Waals surface area contributed by atoms with Gasteiger partial charge in [-0.25, -0.2) is 13.1 Å². The average molecular weight is 346 g/mol. The van der Waals surface area contributed by atoms with Crippen molar-refractivity contribution < 1.29 is 12.9 Å². The molecule has 0 radical (unpaired) electrons. The molecule has 0 aliphatic heterocycles. The molecule has 1 aromatic carbocycles. The highest BCUT2D eigenvalue weighted by Gasteiger charge is 2.19. The molecule has 0 unspecified atom stereocenters. The molecule has 21 heavy (non-hydrogen) atoms. The lowest BCUT2D eigenvalue weighted by Crippen LogP contribution is -2.24. The Balaban J connectivity index is 2.26. The van der Waals surface area contributed by atoms with E-state index in [0.717, 1.165) is 0 Å². The molecule has 0 atom stereocenters. The van der Waals surface area contributed by atoms with Crippen molar-refractivity contribution in [2.45, 2.75) is 18.4 Å². The predicted molar refractivity (Wildman–Crippen MR) is 82.6 cm³/mol. The third-order valence-corrected chi connectivity index (χ3v) is 4.74. The summed E-state index contributed by atoms with van der Waals surface area (Å²) in [4.78, 5) is 0.00456. The molecule has 0 saturated heterocycles. The molecule has 2 rings (SSSR count). The Morgan fingerprint density at radius 1 is 1.48 bits per heavy atom. The van der Waals surface area contributed by atoms with Crippen LogP contribution in [0.3, 0.4) is 0 Å². The van der Waals surface area contributed by atoms with Crippen molar-refractivity contribution in [2.24, 2.45) is 5.73 Å². The molecule has 9 heteroatoms. The van der Waals surface area contributed by atoms with Crippen molar-refractivity contribution in [2.75, 3.05) is 0 Å². The number of nitrogens with zero attached hydrogens (tertiary/aromatic N) is 1. The number of aryl methyl sites for hydroxylation is 1. The van der Waals surface area contributed by atoms with E-state index in [2.05, 4.69) is 9.88 Å². The number of thiocarbonyl (C=S) groups is 1. The summed E-state index contributed by atoms with van der Waals surface area (Å²) in [6.45, 7) is 1.71. The Morgan fingerprint density at radius 3 is 2.76 bits per heavy atom. The Bertz CT molecular complexity index is 787. The summed E-state index contributed by atoms with van der Waals surface area (Å²) in [6, 6.07) is 5.96. The summed E-state index contributed by atoms with van der Waals surface area (Å²) in [5.74, 6) is 0.595. The van der Waals surface area contributed by atoms with Crippen LogP contribution in [0, 0.1) is 6.92 Å². The van der Waals surface area contributed by atoms with Crippen molar-refractivity contribution in [1.82, 2.24) is 9.88 Å². The molecule has 0 bridgehead atoms. The van der Waals surface area contributed by atoms with Gasteiger partial charge in [-0.3, -0.25) is 0 Å². The Kier molecular flexibility index (Phi) is 4.62. The van der Waals surface area contributed by atoms with Gasteiger partial charge in [0.15, 0.2) is 0 Å². The molecule has 0 amide bonds. The standard InChI is InChI=1S/C12H12ClN3O3S2/c1-7-4-9(16-19-7)6-15-21(17,18)11-5-8(12(14)20)2-3-10(11)13/h2-5,15H,6H2,1H3,(H2,14,20). The van der Waals surface area contributed by atoms with Crippen LogP contribution in [0.5, 0.6) is 0 Å². The molecule has 0 spiro atoms. The first kappa shape index (κ1) is 15.9. The topological polar surface area (TPSA) is 98.2 Å². The third kappa shape index (κ3) is 3.79. The van der Waals surface area contributed by atoms with Crippen molar-refractivity contribution in [3.8, 4) is 0 Å². The van der Waals surface area contributed by atoms with E-state index in [1.54, 1.807) is 19.1 Å². The SMILES string of the molecule is Cc1cc(CNS(=O)(=O)c2cc(C(N)=S)ccc2Cl)no1. The Hall–Kier alpha value is -1.48. The minimum Gasteiger partial charge on any atom is -0.389 e. The normalized spacial score (nSPS) is 11.5. The maximum atomic E-state index is 12.3. The van der Waals surface area contributed by atoms with E-state index in [-0.39, 0.29) is 21.5 Å². The van der Waals surface area contributed by atoms with Crippen LogP contribution in [0.25, 0.3) is 0 Å². The Labute approximate surface area is 132 Å². The van der Waals surface area contributed by atoms with Crippen LogP contribution in [0.1, 0.15) is 17.0 Å². The zero-order chi connectivity index (χ0) is 15.6. The lowest BCUT2D eigenvalue weighted by Gasteiger charge is -2.09. The quantitative estimate of drug-likeness (QED) is 0.801. The molecular weight excluding hydrogens is 334 g/mol. The molecule has 112 valence electrons. The summed E-state index contributed by atoms with van der Waals surface area (Å²) in [6.07, 6.45) is 0. The lowest BCUT2D eigenvalue weighted by atomic mass is 10.2. The monoisotopic (exact) mass is 345 g/mol. The molecule has 0 aliphatic rings. The minimum absolute atomic E-state index is 0.00665. The summed E-state index contributed by atoms with van der Waals surface area (Å²) in [5, 5.41) is 3.79. The van der Waals surface area contributed by atoms with E-state index in [1.165, 1.54) is 12.1 Å². The van der Waals surface area contributed by atoms with Crippen molar-refractivity contribution in [3.05, 3.63) is 46.3 Å². The summed E-state index contributed by atoms with van der Waals surface area (Å²) in [7, 11) is -3.81. The van der Waals surface area contributed by atoms with Crippen molar-refractivity contribution >= 4 is 38.8 Å². The summed E-state index contributed by atoms with van der Waals surface area (Å²) >= 11 is 10.8. The average Bonchev–Trinajstić information content (AvgIpc) is 2.82. The minimum atomic E-state index is -3.81. The second-order valence-electron chi connectivity index (χ2n) is 4.26. The van der Waals surface area contributed by atoms with Gasteiger partial charge in [0.2, 0.25) is 10.0 Å². The molecule has 1 heterocycles. The second-order valence-corrected chi connectivity index (χ2v) is 6.85. The fourth-order valence-electron chi connectivity index (χ4n) is 1.61. The van der Waals surface area contributed by atoms with Gasteiger partial charge in [-0.15, -0.1) is 0 Å². The first-order valence-corrected chi connectivity index (χ1v) is 8.08. The van der Waals surface area contributed by atoms with E-state index in [9.17, 15) is 8.42 Å². The number of nitrogens with two attached hydrogens (primary N) is 1. The van der Waals surface area contributed by atoms with Gasteiger partial charge in [-0.2, -0.15) is 0 Å².